The Morgan fingerprint density at radius 2 is 1.93 bits per heavy atom. The number of rotatable bonds is 1. The van der Waals surface area contributed by atoms with Gasteiger partial charge in [-0.2, -0.15) is 0 Å². The van der Waals surface area contributed by atoms with Crippen LogP contribution in [-0.2, 0) is 9.47 Å². The molecular weight excluding hydrogens is 214 g/mol. The Bertz CT molecular complexity index is 315. The van der Waals surface area contributed by atoms with Crippen LogP contribution in [-0.4, -0.2) is 19.3 Å². The molecule has 1 heterocycles. The Labute approximate surface area is 94.1 Å². The second kappa shape index (κ2) is 4.94. The van der Waals surface area contributed by atoms with Gasteiger partial charge < -0.3 is 15.2 Å². The van der Waals surface area contributed by atoms with Crippen molar-refractivity contribution in [2.24, 2.45) is 5.73 Å². The summed E-state index contributed by atoms with van der Waals surface area (Å²) in [6, 6.07) is 7.54. The maximum atomic E-state index is 5.80. The minimum atomic E-state index is -0.309. The molecule has 1 aromatic rings. The van der Waals surface area contributed by atoms with Gasteiger partial charge in [0.2, 0.25) is 0 Å². The van der Waals surface area contributed by atoms with E-state index < -0.39 is 0 Å². The molecule has 2 rings (SSSR count). The minimum Gasteiger partial charge on any atom is -0.348 e. The van der Waals surface area contributed by atoms with Crippen molar-refractivity contribution in [1.29, 1.82) is 0 Å². The van der Waals surface area contributed by atoms with Gasteiger partial charge in [0.15, 0.2) is 6.29 Å². The van der Waals surface area contributed by atoms with Gasteiger partial charge in [-0.15, -0.1) is 0 Å². The second-order valence-corrected chi connectivity index (χ2v) is 4.07. The minimum absolute atomic E-state index is 0.0716. The van der Waals surface area contributed by atoms with E-state index in [0.29, 0.717) is 18.2 Å². The van der Waals surface area contributed by atoms with Gasteiger partial charge in [0.25, 0.3) is 0 Å². The standard InChI is InChI=1S/C11H14ClNO2/c12-9-3-1-8(2-4-9)11-14-6-5-10(13)7-15-11/h1-4,10-11H,5-7,13H2/t10-,11-/m0/s1. The normalized spacial score (nSPS) is 27.3. The Morgan fingerprint density at radius 1 is 1.20 bits per heavy atom. The lowest BCUT2D eigenvalue weighted by atomic mass is 10.2. The van der Waals surface area contributed by atoms with E-state index in [1.807, 2.05) is 24.3 Å². The largest absolute Gasteiger partial charge is 0.348 e. The molecule has 0 saturated carbocycles. The zero-order chi connectivity index (χ0) is 10.7. The van der Waals surface area contributed by atoms with Gasteiger partial charge >= 0.3 is 0 Å². The molecule has 0 amide bonds. The summed E-state index contributed by atoms with van der Waals surface area (Å²) in [5, 5.41) is 0.712. The molecule has 0 radical (unpaired) electrons. The molecular formula is C11H14ClNO2. The van der Waals surface area contributed by atoms with Crippen molar-refractivity contribution in [1.82, 2.24) is 0 Å². The lowest BCUT2D eigenvalue weighted by molar-refractivity contribution is -0.130. The second-order valence-electron chi connectivity index (χ2n) is 3.64. The molecule has 2 N–H and O–H groups in total. The molecule has 0 aromatic heterocycles. The summed E-state index contributed by atoms with van der Waals surface area (Å²) in [6.45, 7) is 1.17. The molecule has 3 nitrogen and oxygen atoms in total. The fourth-order valence-corrected chi connectivity index (χ4v) is 1.61. The van der Waals surface area contributed by atoms with E-state index in [0.717, 1.165) is 12.0 Å². The lowest BCUT2D eigenvalue weighted by Gasteiger charge is -2.15. The fraction of sp³-hybridized carbons (Fsp3) is 0.455. The number of nitrogens with two attached hydrogens (primary N) is 1. The third kappa shape index (κ3) is 2.92. The highest BCUT2D eigenvalue weighted by Crippen LogP contribution is 2.23. The summed E-state index contributed by atoms with van der Waals surface area (Å²) in [4.78, 5) is 0. The third-order valence-corrected chi connectivity index (χ3v) is 2.61. The SMILES string of the molecule is N[C@H]1CCO[C@H](c2ccc(Cl)cc2)OC1. The Hall–Kier alpha value is -0.610. The molecule has 0 unspecified atom stereocenters. The van der Waals surface area contributed by atoms with Gasteiger partial charge in [0, 0.05) is 16.6 Å². The summed E-state index contributed by atoms with van der Waals surface area (Å²) in [5.41, 5.74) is 6.75. The molecule has 1 aliphatic rings. The van der Waals surface area contributed by atoms with Crippen LogP contribution >= 0.6 is 11.6 Å². The molecule has 1 aliphatic heterocycles. The van der Waals surface area contributed by atoms with Crippen molar-refractivity contribution in [3.63, 3.8) is 0 Å². The van der Waals surface area contributed by atoms with Gasteiger partial charge in [0.1, 0.15) is 0 Å². The average molecular weight is 228 g/mol. The monoisotopic (exact) mass is 227 g/mol. The van der Waals surface area contributed by atoms with E-state index >= 15 is 0 Å². The van der Waals surface area contributed by atoms with Gasteiger partial charge in [-0.3, -0.25) is 0 Å². The molecule has 15 heavy (non-hydrogen) atoms. The number of ether oxygens (including phenoxy) is 2. The smallest absolute Gasteiger partial charge is 0.183 e. The third-order valence-electron chi connectivity index (χ3n) is 2.36. The van der Waals surface area contributed by atoms with Crippen LogP contribution in [0.3, 0.4) is 0 Å². The van der Waals surface area contributed by atoms with Crippen LogP contribution in [0, 0.1) is 0 Å². The highest BCUT2D eigenvalue weighted by molar-refractivity contribution is 6.30. The first kappa shape index (κ1) is 10.9. The predicted octanol–water partition coefficient (Wildman–Crippen LogP) is 2.10. The molecule has 1 aromatic carbocycles. The fourth-order valence-electron chi connectivity index (χ4n) is 1.48. The first-order valence-corrected chi connectivity index (χ1v) is 5.38. The molecule has 0 aliphatic carbocycles. The van der Waals surface area contributed by atoms with Crippen LogP contribution in [0.15, 0.2) is 24.3 Å². The Morgan fingerprint density at radius 3 is 2.67 bits per heavy atom. The highest BCUT2D eigenvalue weighted by Gasteiger charge is 2.18. The maximum absolute atomic E-state index is 5.80. The molecule has 0 bridgehead atoms. The van der Waals surface area contributed by atoms with Crippen LogP contribution in [0.1, 0.15) is 18.3 Å². The van der Waals surface area contributed by atoms with E-state index in [1.54, 1.807) is 0 Å². The van der Waals surface area contributed by atoms with E-state index in [1.165, 1.54) is 0 Å². The summed E-state index contributed by atoms with van der Waals surface area (Å²) in [5.74, 6) is 0. The molecule has 2 atom stereocenters. The molecule has 1 fully saturated rings. The number of halogens is 1. The molecule has 1 saturated heterocycles. The zero-order valence-corrected chi connectivity index (χ0v) is 9.11. The molecule has 4 heteroatoms. The van der Waals surface area contributed by atoms with Crippen LogP contribution in [0.4, 0.5) is 0 Å². The zero-order valence-electron chi connectivity index (χ0n) is 8.36. The Balaban J connectivity index is 2.06. The number of hydrogen-bond donors (Lipinski definition) is 1. The van der Waals surface area contributed by atoms with Crippen LogP contribution < -0.4 is 5.73 Å². The van der Waals surface area contributed by atoms with Gasteiger partial charge in [0.05, 0.1) is 13.2 Å². The van der Waals surface area contributed by atoms with Gasteiger partial charge in [-0.25, -0.2) is 0 Å². The van der Waals surface area contributed by atoms with Crippen molar-refractivity contribution in [3.8, 4) is 0 Å². The Kier molecular flexibility index (Phi) is 3.59. The molecule has 0 spiro atoms. The van der Waals surface area contributed by atoms with Crippen molar-refractivity contribution >= 4 is 11.6 Å². The van der Waals surface area contributed by atoms with Crippen molar-refractivity contribution in [3.05, 3.63) is 34.9 Å². The van der Waals surface area contributed by atoms with Crippen LogP contribution in [0.25, 0.3) is 0 Å². The van der Waals surface area contributed by atoms with Crippen molar-refractivity contribution in [2.75, 3.05) is 13.2 Å². The summed E-state index contributed by atoms with van der Waals surface area (Å²) in [7, 11) is 0. The van der Waals surface area contributed by atoms with Crippen molar-refractivity contribution < 1.29 is 9.47 Å². The first-order valence-electron chi connectivity index (χ1n) is 5.00. The van der Waals surface area contributed by atoms with Crippen molar-refractivity contribution in [2.45, 2.75) is 18.8 Å². The topological polar surface area (TPSA) is 44.5 Å². The maximum Gasteiger partial charge on any atom is 0.183 e. The average Bonchev–Trinajstić information content (AvgIpc) is 2.44. The predicted molar refractivity (Wildman–Crippen MR) is 58.7 cm³/mol. The first-order chi connectivity index (χ1) is 7.25. The summed E-state index contributed by atoms with van der Waals surface area (Å²) >= 11 is 5.80. The summed E-state index contributed by atoms with van der Waals surface area (Å²) in [6.07, 6.45) is 0.528. The number of benzene rings is 1. The van der Waals surface area contributed by atoms with Gasteiger partial charge in [-0.05, 0) is 18.6 Å². The highest BCUT2D eigenvalue weighted by atomic mass is 35.5. The lowest BCUT2D eigenvalue weighted by Crippen LogP contribution is -2.25. The van der Waals surface area contributed by atoms with Gasteiger partial charge in [-0.1, -0.05) is 23.7 Å². The van der Waals surface area contributed by atoms with Crippen LogP contribution in [0.5, 0.6) is 0 Å². The van der Waals surface area contributed by atoms with Crippen LogP contribution in [0.2, 0.25) is 5.02 Å². The van der Waals surface area contributed by atoms with E-state index in [2.05, 4.69) is 0 Å². The summed E-state index contributed by atoms with van der Waals surface area (Å²) < 4.78 is 11.1. The van der Waals surface area contributed by atoms with E-state index in [9.17, 15) is 0 Å². The quantitative estimate of drug-likeness (QED) is 0.799. The van der Waals surface area contributed by atoms with E-state index in [-0.39, 0.29) is 12.3 Å². The molecule has 82 valence electrons. The van der Waals surface area contributed by atoms with E-state index in [4.69, 9.17) is 26.8 Å². The number of hydrogen-bond acceptors (Lipinski definition) is 3.